The van der Waals surface area contributed by atoms with Crippen LogP contribution in [0.3, 0.4) is 0 Å². The standard InChI is InChI=1S/C13H18N4O/c1-11-4-2-5-12(13(11)18)10-14-6-3-8-17-9-7-15-16-17/h2,4-5,7,9,14,18H,3,6,8,10H2,1H3. The number of nitrogens with one attached hydrogen (secondary N) is 1. The highest BCUT2D eigenvalue weighted by atomic mass is 16.3. The molecule has 0 saturated carbocycles. The van der Waals surface area contributed by atoms with E-state index in [1.54, 1.807) is 6.20 Å². The number of phenols is 1. The minimum Gasteiger partial charge on any atom is -0.507 e. The molecule has 0 spiro atoms. The van der Waals surface area contributed by atoms with Crippen molar-refractivity contribution in [3.8, 4) is 5.75 Å². The van der Waals surface area contributed by atoms with Crippen molar-refractivity contribution in [1.82, 2.24) is 20.3 Å². The number of rotatable bonds is 6. The molecule has 0 aliphatic heterocycles. The third-order valence-electron chi connectivity index (χ3n) is 2.85. The summed E-state index contributed by atoms with van der Waals surface area (Å²) >= 11 is 0. The van der Waals surface area contributed by atoms with Gasteiger partial charge >= 0.3 is 0 Å². The van der Waals surface area contributed by atoms with E-state index in [1.165, 1.54) is 0 Å². The molecule has 0 aliphatic carbocycles. The molecule has 1 heterocycles. The number of benzene rings is 1. The second-order valence-electron chi connectivity index (χ2n) is 4.28. The van der Waals surface area contributed by atoms with Crippen LogP contribution in [-0.4, -0.2) is 26.6 Å². The predicted octanol–water partition coefficient (Wildman–Crippen LogP) is 1.47. The molecule has 1 aromatic carbocycles. The average Bonchev–Trinajstić information content (AvgIpc) is 2.87. The Kier molecular flexibility index (Phi) is 4.30. The third kappa shape index (κ3) is 3.30. The topological polar surface area (TPSA) is 63.0 Å². The van der Waals surface area contributed by atoms with Crippen LogP contribution in [0, 0.1) is 6.92 Å². The smallest absolute Gasteiger partial charge is 0.122 e. The van der Waals surface area contributed by atoms with Gasteiger partial charge in [0, 0.05) is 24.8 Å². The van der Waals surface area contributed by atoms with Crippen LogP contribution in [0.5, 0.6) is 5.75 Å². The van der Waals surface area contributed by atoms with Crippen molar-refractivity contribution in [3.05, 3.63) is 41.7 Å². The molecule has 0 unspecified atom stereocenters. The molecular formula is C13H18N4O. The van der Waals surface area contributed by atoms with Crippen molar-refractivity contribution in [2.24, 2.45) is 0 Å². The maximum absolute atomic E-state index is 9.84. The normalized spacial score (nSPS) is 10.7. The minimum absolute atomic E-state index is 0.390. The molecule has 0 bridgehead atoms. The van der Waals surface area contributed by atoms with Crippen molar-refractivity contribution in [2.45, 2.75) is 26.4 Å². The molecule has 0 radical (unpaired) electrons. The molecule has 2 aromatic rings. The Balaban J connectivity index is 1.70. The molecule has 0 fully saturated rings. The quantitative estimate of drug-likeness (QED) is 0.758. The summed E-state index contributed by atoms with van der Waals surface area (Å²) in [5.41, 5.74) is 1.85. The van der Waals surface area contributed by atoms with E-state index in [4.69, 9.17) is 0 Å². The Bertz CT molecular complexity index is 482. The van der Waals surface area contributed by atoms with Gasteiger partial charge in [-0.1, -0.05) is 23.4 Å². The molecule has 5 heteroatoms. The lowest BCUT2D eigenvalue weighted by atomic mass is 10.1. The Labute approximate surface area is 106 Å². The first-order valence-electron chi connectivity index (χ1n) is 6.09. The maximum Gasteiger partial charge on any atom is 0.122 e. The van der Waals surface area contributed by atoms with E-state index in [9.17, 15) is 5.11 Å². The molecule has 2 rings (SSSR count). The van der Waals surface area contributed by atoms with Gasteiger partial charge in [0.2, 0.25) is 0 Å². The largest absolute Gasteiger partial charge is 0.507 e. The summed E-state index contributed by atoms with van der Waals surface area (Å²) in [6, 6.07) is 5.80. The molecule has 2 N–H and O–H groups in total. The fourth-order valence-corrected chi connectivity index (χ4v) is 1.80. The number of aromatic hydroxyl groups is 1. The highest BCUT2D eigenvalue weighted by Crippen LogP contribution is 2.20. The molecule has 0 aliphatic rings. The first-order chi connectivity index (χ1) is 8.77. The molecule has 18 heavy (non-hydrogen) atoms. The van der Waals surface area contributed by atoms with Crippen molar-refractivity contribution in [3.63, 3.8) is 0 Å². The Hall–Kier alpha value is -1.88. The fraction of sp³-hybridized carbons (Fsp3) is 0.385. The van der Waals surface area contributed by atoms with Gasteiger partial charge in [0.15, 0.2) is 0 Å². The van der Waals surface area contributed by atoms with Gasteiger partial charge in [-0.05, 0) is 25.5 Å². The third-order valence-corrected chi connectivity index (χ3v) is 2.85. The van der Waals surface area contributed by atoms with Crippen LogP contribution >= 0.6 is 0 Å². The lowest BCUT2D eigenvalue weighted by Crippen LogP contribution is -2.16. The highest BCUT2D eigenvalue weighted by Gasteiger charge is 2.02. The van der Waals surface area contributed by atoms with Gasteiger partial charge in [0.05, 0.1) is 6.20 Å². The zero-order chi connectivity index (χ0) is 12.8. The summed E-state index contributed by atoms with van der Waals surface area (Å²) in [6.45, 7) is 4.33. The van der Waals surface area contributed by atoms with E-state index >= 15 is 0 Å². The zero-order valence-corrected chi connectivity index (χ0v) is 10.5. The van der Waals surface area contributed by atoms with E-state index in [2.05, 4.69) is 15.6 Å². The van der Waals surface area contributed by atoms with Gasteiger partial charge in [-0.25, -0.2) is 0 Å². The van der Waals surface area contributed by atoms with Crippen LogP contribution in [0.2, 0.25) is 0 Å². The van der Waals surface area contributed by atoms with Crippen LogP contribution in [-0.2, 0) is 13.1 Å². The predicted molar refractivity (Wildman–Crippen MR) is 69.2 cm³/mol. The van der Waals surface area contributed by atoms with Crippen molar-refractivity contribution in [2.75, 3.05) is 6.54 Å². The van der Waals surface area contributed by atoms with Crippen LogP contribution in [0.25, 0.3) is 0 Å². The number of aromatic nitrogens is 3. The summed E-state index contributed by atoms with van der Waals surface area (Å²) in [5, 5.41) is 20.8. The van der Waals surface area contributed by atoms with Crippen molar-refractivity contribution >= 4 is 0 Å². The van der Waals surface area contributed by atoms with Gasteiger partial charge in [0.25, 0.3) is 0 Å². The van der Waals surface area contributed by atoms with Crippen molar-refractivity contribution < 1.29 is 5.11 Å². The van der Waals surface area contributed by atoms with Gasteiger partial charge in [-0.2, -0.15) is 0 Å². The van der Waals surface area contributed by atoms with Crippen LogP contribution in [0.15, 0.2) is 30.6 Å². The molecule has 0 atom stereocenters. The van der Waals surface area contributed by atoms with E-state index in [0.717, 1.165) is 30.6 Å². The van der Waals surface area contributed by atoms with Crippen LogP contribution < -0.4 is 5.32 Å². The van der Waals surface area contributed by atoms with E-state index < -0.39 is 0 Å². The SMILES string of the molecule is Cc1cccc(CNCCCn2ccnn2)c1O. The van der Waals surface area contributed by atoms with Crippen molar-refractivity contribution in [1.29, 1.82) is 0 Å². The number of aryl methyl sites for hydroxylation is 2. The second-order valence-corrected chi connectivity index (χ2v) is 4.28. The number of para-hydroxylation sites is 1. The summed E-state index contributed by atoms with van der Waals surface area (Å²) < 4.78 is 1.81. The van der Waals surface area contributed by atoms with Crippen LogP contribution in [0.1, 0.15) is 17.5 Å². The highest BCUT2D eigenvalue weighted by molar-refractivity contribution is 5.39. The number of hydrogen-bond donors (Lipinski definition) is 2. The molecule has 1 aromatic heterocycles. The van der Waals surface area contributed by atoms with Gasteiger partial charge < -0.3 is 10.4 Å². The van der Waals surface area contributed by atoms with E-state index in [1.807, 2.05) is 36.0 Å². The van der Waals surface area contributed by atoms with Gasteiger partial charge in [0.1, 0.15) is 5.75 Å². The minimum atomic E-state index is 0.390. The van der Waals surface area contributed by atoms with Crippen LogP contribution in [0.4, 0.5) is 0 Å². The lowest BCUT2D eigenvalue weighted by Gasteiger charge is -2.08. The second kappa shape index (κ2) is 6.16. The summed E-state index contributed by atoms with van der Waals surface area (Å²) in [4.78, 5) is 0. The van der Waals surface area contributed by atoms with E-state index in [0.29, 0.717) is 12.3 Å². The molecule has 96 valence electrons. The molecule has 5 nitrogen and oxygen atoms in total. The lowest BCUT2D eigenvalue weighted by molar-refractivity contribution is 0.458. The average molecular weight is 246 g/mol. The Morgan fingerprint density at radius 3 is 3.06 bits per heavy atom. The maximum atomic E-state index is 9.84. The number of phenolic OH excluding ortho intramolecular Hbond substituents is 1. The molecule has 0 saturated heterocycles. The Morgan fingerprint density at radius 1 is 1.39 bits per heavy atom. The molecule has 0 amide bonds. The summed E-state index contributed by atoms with van der Waals surface area (Å²) in [7, 11) is 0. The summed E-state index contributed by atoms with van der Waals surface area (Å²) in [6.07, 6.45) is 4.51. The first-order valence-corrected chi connectivity index (χ1v) is 6.09. The van der Waals surface area contributed by atoms with E-state index in [-0.39, 0.29) is 0 Å². The monoisotopic (exact) mass is 246 g/mol. The first kappa shape index (κ1) is 12.6. The van der Waals surface area contributed by atoms with Gasteiger partial charge in [-0.15, -0.1) is 5.10 Å². The summed E-state index contributed by atoms with van der Waals surface area (Å²) in [5.74, 6) is 0.390. The molecular weight excluding hydrogens is 228 g/mol. The van der Waals surface area contributed by atoms with Gasteiger partial charge in [-0.3, -0.25) is 4.68 Å². The zero-order valence-electron chi connectivity index (χ0n) is 10.5. The number of nitrogens with zero attached hydrogens (tertiary/aromatic N) is 3. The fourth-order valence-electron chi connectivity index (χ4n) is 1.80. The number of hydrogen-bond acceptors (Lipinski definition) is 4. The Morgan fingerprint density at radius 2 is 2.28 bits per heavy atom.